The lowest BCUT2D eigenvalue weighted by molar-refractivity contribution is 0.0526. The molecule has 0 aliphatic heterocycles. The van der Waals surface area contributed by atoms with Crippen LogP contribution in [-0.2, 0) is 17.9 Å². The van der Waals surface area contributed by atoms with E-state index in [1.54, 1.807) is 37.3 Å². The molecule has 0 amide bonds. The Kier molecular flexibility index (Phi) is 8.97. The van der Waals surface area contributed by atoms with Gasteiger partial charge in [0.2, 0.25) is 0 Å². The van der Waals surface area contributed by atoms with E-state index in [0.29, 0.717) is 41.8 Å². The molecule has 0 bridgehead atoms. The molecule has 5 nitrogen and oxygen atoms in total. The standard InChI is InChI=1S/C25H24BrClFNO4/c1-3-31-23-12-17(14-29-18-10-8-16(9-11-18)25(30)32-4-2)20(26)13-24(23)33-15-19-21(27)6-5-7-22(19)28/h5-13,29H,3-4,14-15H2,1-2H3. The highest BCUT2D eigenvalue weighted by Crippen LogP contribution is 2.35. The van der Waals surface area contributed by atoms with Gasteiger partial charge in [-0.15, -0.1) is 0 Å². The third-order valence-corrected chi connectivity index (χ3v) is 5.82. The second-order valence-corrected chi connectivity index (χ2v) is 8.23. The molecule has 0 saturated heterocycles. The van der Waals surface area contributed by atoms with E-state index in [4.69, 9.17) is 25.8 Å². The van der Waals surface area contributed by atoms with E-state index in [9.17, 15) is 9.18 Å². The Morgan fingerprint density at radius 3 is 2.42 bits per heavy atom. The van der Waals surface area contributed by atoms with Crippen LogP contribution >= 0.6 is 27.5 Å². The zero-order valence-electron chi connectivity index (χ0n) is 18.3. The summed E-state index contributed by atoms with van der Waals surface area (Å²) in [6, 6.07) is 15.2. The largest absolute Gasteiger partial charge is 0.490 e. The van der Waals surface area contributed by atoms with Crippen LogP contribution in [0, 0.1) is 5.82 Å². The van der Waals surface area contributed by atoms with Crippen molar-refractivity contribution in [2.45, 2.75) is 27.0 Å². The molecule has 0 spiro atoms. The zero-order valence-corrected chi connectivity index (χ0v) is 20.6. The van der Waals surface area contributed by atoms with Gasteiger partial charge >= 0.3 is 5.97 Å². The van der Waals surface area contributed by atoms with Gasteiger partial charge in [0.05, 0.1) is 23.8 Å². The molecule has 3 aromatic rings. The summed E-state index contributed by atoms with van der Waals surface area (Å²) in [6.07, 6.45) is 0. The van der Waals surface area contributed by atoms with Gasteiger partial charge in [0.25, 0.3) is 0 Å². The van der Waals surface area contributed by atoms with Crippen molar-refractivity contribution in [3.05, 3.63) is 86.6 Å². The van der Waals surface area contributed by atoms with Crippen LogP contribution in [0.3, 0.4) is 0 Å². The summed E-state index contributed by atoms with van der Waals surface area (Å²) >= 11 is 9.67. The number of carbonyl (C=O) groups is 1. The first-order chi connectivity index (χ1) is 15.9. The molecule has 0 saturated carbocycles. The Labute approximate surface area is 205 Å². The van der Waals surface area contributed by atoms with E-state index in [1.165, 1.54) is 6.07 Å². The molecule has 3 aromatic carbocycles. The molecule has 0 aromatic heterocycles. The lowest BCUT2D eigenvalue weighted by atomic mass is 10.1. The van der Waals surface area contributed by atoms with E-state index in [0.717, 1.165) is 15.7 Å². The van der Waals surface area contributed by atoms with Gasteiger partial charge in [-0.1, -0.05) is 33.6 Å². The third kappa shape index (κ3) is 6.62. The van der Waals surface area contributed by atoms with Crippen LogP contribution in [0.2, 0.25) is 5.02 Å². The summed E-state index contributed by atoms with van der Waals surface area (Å²) in [5.74, 6) is 0.253. The van der Waals surface area contributed by atoms with E-state index < -0.39 is 5.82 Å². The van der Waals surface area contributed by atoms with Gasteiger partial charge in [-0.25, -0.2) is 9.18 Å². The smallest absolute Gasteiger partial charge is 0.338 e. The molecule has 0 radical (unpaired) electrons. The van der Waals surface area contributed by atoms with Crippen LogP contribution in [0.4, 0.5) is 10.1 Å². The molecule has 0 fully saturated rings. The van der Waals surface area contributed by atoms with Crippen molar-refractivity contribution < 1.29 is 23.4 Å². The number of hydrogen-bond donors (Lipinski definition) is 1. The maximum Gasteiger partial charge on any atom is 0.338 e. The fourth-order valence-corrected chi connectivity index (χ4v) is 3.73. The molecule has 0 heterocycles. The minimum absolute atomic E-state index is 0.0254. The van der Waals surface area contributed by atoms with Gasteiger partial charge in [0.15, 0.2) is 11.5 Å². The fraction of sp³-hybridized carbons (Fsp3) is 0.240. The number of esters is 1. The second-order valence-electron chi connectivity index (χ2n) is 6.96. The third-order valence-electron chi connectivity index (χ3n) is 4.73. The minimum Gasteiger partial charge on any atom is -0.490 e. The van der Waals surface area contributed by atoms with E-state index in [-0.39, 0.29) is 18.1 Å². The average Bonchev–Trinajstić information content (AvgIpc) is 2.80. The van der Waals surface area contributed by atoms with Crippen LogP contribution in [0.1, 0.15) is 35.3 Å². The van der Waals surface area contributed by atoms with Crippen molar-refractivity contribution in [3.63, 3.8) is 0 Å². The normalized spacial score (nSPS) is 10.6. The minimum atomic E-state index is -0.422. The zero-order chi connectivity index (χ0) is 23.8. The predicted octanol–water partition coefficient (Wildman–Crippen LogP) is 7.01. The Hall–Kier alpha value is -2.77. The summed E-state index contributed by atoms with van der Waals surface area (Å²) < 4.78 is 31.5. The number of hydrogen-bond acceptors (Lipinski definition) is 5. The Balaban J connectivity index is 1.72. The number of nitrogens with one attached hydrogen (secondary N) is 1. The van der Waals surface area contributed by atoms with Crippen LogP contribution in [-0.4, -0.2) is 19.2 Å². The van der Waals surface area contributed by atoms with Gasteiger partial charge in [0.1, 0.15) is 12.4 Å². The number of anilines is 1. The molecule has 0 unspecified atom stereocenters. The Morgan fingerprint density at radius 1 is 1.03 bits per heavy atom. The number of rotatable bonds is 10. The first-order valence-electron chi connectivity index (χ1n) is 10.4. The monoisotopic (exact) mass is 535 g/mol. The van der Waals surface area contributed by atoms with Crippen molar-refractivity contribution in [2.24, 2.45) is 0 Å². The van der Waals surface area contributed by atoms with Crippen molar-refractivity contribution in [3.8, 4) is 11.5 Å². The van der Waals surface area contributed by atoms with Gasteiger partial charge in [-0.3, -0.25) is 0 Å². The highest BCUT2D eigenvalue weighted by molar-refractivity contribution is 9.10. The molecule has 0 aliphatic carbocycles. The van der Waals surface area contributed by atoms with Gasteiger partial charge in [0, 0.05) is 22.3 Å². The van der Waals surface area contributed by atoms with Crippen molar-refractivity contribution in [1.29, 1.82) is 0 Å². The fourth-order valence-electron chi connectivity index (χ4n) is 3.05. The molecule has 3 rings (SSSR count). The first kappa shape index (κ1) is 24.9. The summed E-state index contributed by atoms with van der Waals surface area (Å²) in [4.78, 5) is 11.8. The van der Waals surface area contributed by atoms with Crippen LogP contribution in [0.5, 0.6) is 11.5 Å². The molecule has 1 N–H and O–H groups in total. The van der Waals surface area contributed by atoms with Crippen LogP contribution < -0.4 is 14.8 Å². The lowest BCUT2D eigenvalue weighted by Crippen LogP contribution is -2.06. The van der Waals surface area contributed by atoms with E-state index >= 15 is 0 Å². The van der Waals surface area contributed by atoms with Gasteiger partial charge in [-0.2, -0.15) is 0 Å². The highest BCUT2D eigenvalue weighted by atomic mass is 79.9. The lowest BCUT2D eigenvalue weighted by Gasteiger charge is -2.16. The number of carbonyl (C=O) groups excluding carboxylic acids is 1. The predicted molar refractivity (Wildman–Crippen MR) is 131 cm³/mol. The first-order valence-corrected chi connectivity index (χ1v) is 11.6. The van der Waals surface area contributed by atoms with Crippen molar-refractivity contribution in [1.82, 2.24) is 0 Å². The van der Waals surface area contributed by atoms with Crippen molar-refractivity contribution in [2.75, 3.05) is 18.5 Å². The molecule has 0 aliphatic rings. The van der Waals surface area contributed by atoms with Gasteiger partial charge < -0.3 is 19.5 Å². The molecular weight excluding hydrogens is 513 g/mol. The SMILES string of the molecule is CCOC(=O)c1ccc(NCc2cc(OCC)c(OCc3c(F)cccc3Cl)cc2Br)cc1. The molecule has 174 valence electrons. The summed E-state index contributed by atoms with van der Waals surface area (Å²) in [7, 11) is 0. The summed E-state index contributed by atoms with van der Waals surface area (Å²) in [5, 5.41) is 3.62. The maximum atomic E-state index is 14.1. The summed E-state index contributed by atoms with van der Waals surface area (Å²) in [5.41, 5.74) is 2.57. The maximum absolute atomic E-state index is 14.1. The number of halogens is 3. The Bertz CT molecular complexity index is 1090. The van der Waals surface area contributed by atoms with Gasteiger partial charge in [-0.05, 0) is 67.9 Å². The average molecular weight is 537 g/mol. The molecule has 33 heavy (non-hydrogen) atoms. The van der Waals surface area contributed by atoms with E-state index in [2.05, 4.69) is 21.2 Å². The molecule has 0 atom stereocenters. The second kappa shape index (κ2) is 11.9. The quantitative estimate of drug-likeness (QED) is 0.283. The number of benzene rings is 3. The van der Waals surface area contributed by atoms with Crippen LogP contribution in [0.15, 0.2) is 59.1 Å². The van der Waals surface area contributed by atoms with Crippen LogP contribution in [0.25, 0.3) is 0 Å². The Morgan fingerprint density at radius 2 is 1.76 bits per heavy atom. The molecular formula is C25H24BrClFNO4. The number of ether oxygens (including phenoxy) is 3. The highest BCUT2D eigenvalue weighted by Gasteiger charge is 2.14. The summed E-state index contributed by atoms with van der Waals surface area (Å²) in [6.45, 7) is 4.90. The van der Waals surface area contributed by atoms with E-state index in [1.807, 2.05) is 25.1 Å². The topological polar surface area (TPSA) is 56.8 Å². The molecule has 8 heteroatoms. The van der Waals surface area contributed by atoms with Crippen molar-refractivity contribution >= 4 is 39.2 Å².